The lowest BCUT2D eigenvalue weighted by molar-refractivity contribution is -0.384. The number of nitrogens with zero attached hydrogens (tertiary/aromatic N) is 2. The molecule has 0 unspecified atom stereocenters. The normalized spacial score (nSPS) is 22.7. The molecule has 1 aliphatic rings. The van der Waals surface area contributed by atoms with Crippen molar-refractivity contribution in [3.05, 3.63) is 28.3 Å². The number of nitro benzene ring substituents is 1. The summed E-state index contributed by atoms with van der Waals surface area (Å²) in [5.41, 5.74) is 0.0195. The highest BCUT2D eigenvalue weighted by atomic mass is 16.6. The number of carbonyl (C=O) groups excluding carboxylic acids is 1. The molecule has 3 atom stereocenters. The molecule has 1 heterocycles. The van der Waals surface area contributed by atoms with Crippen LogP contribution in [0.4, 0.5) is 11.4 Å². The van der Waals surface area contributed by atoms with Crippen LogP contribution in [0.25, 0.3) is 0 Å². The number of benzene rings is 1. The zero-order valence-corrected chi connectivity index (χ0v) is 14.6. The second-order valence-electron chi connectivity index (χ2n) is 6.71. The highest BCUT2D eigenvalue weighted by Crippen LogP contribution is 2.29. The van der Waals surface area contributed by atoms with Crippen molar-refractivity contribution in [2.75, 3.05) is 25.5 Å². The second-order valence-corrected chi connectivity index (χ2v) is 6.71. The van der Waals surface area contributed by atoms with Gasteiger partial charge < -0.3 is 10.1 Å². The van der Waals surface area contributed by atoms with Crippen LogP contribution in [-0.2, 0) is 4.79 Å². The lowest BCUT2D eigenvalue weighted by Gasteiger charge is -2.38. The van der Waals surface area contributed by atoms with Gasteiger partial charge in [-0.05, 0) is 37.3 Å². The Balaban J connectivity index is 2.12. The Hall–Kier alpha value is -2.15. The number of hydrogen-bond acceptors (Lipinski definition) is 5. The van der Waals surface area contributed by atoms with Crippen molar-refractivity contribution in [2.45, 2.75) is 33.2 Å². The smallest absolute Gasteiger partial charge is 0.296 e. The van der Waals surface area contributed by atoms with E-state index in [0.717, 1.165) is 19.5 Å². The molecular weight excluding hydrogens is 310 g/mol. The van der Waals surface area contributed by atoms with Crippen LogP contribution in [0.1, 0.15) is 27.2 Å². The molecule has 1 amide bonds. The molecule has 24 heavy (non-hydrogen) atoms. The van der Waals surface area contributed by atoms with Crippen LogP contribution in [0.5, 0.6) is 5.75 Å². The maximum atomic E-state index is 12.5. The summed E-state index contributed by atoms with van der Waals surface area (Å²) in [6, 6.07) is 4.07. The van der Waals surface area contributed by atoms with E-state index >= 15 is 0 Å². The van der Waals surface area contributed by atoms with Gasteiger partial charge in [0.15, 0.2) is 0 Å². The average molecular weight is 335 g/mol. The quantitative estimate of drug-likeness (QED) is 0.660. The molecule has 0 bridgehead atoms. The van der Waals surface area contributed by atoms with Gasteiger partial charge in [0, 0.05) is 13.1 Å². The first-order valence-electron chi connectivity index (χ1n) is 8.19. The number of piperidine rings is 1. The van der Waals surface area contributed by atoms with Crippen molar-refractivity contribution >= 4 is 17.3 Å². The molecule has 1 fully saturated rings. The van der Waals surface area contributed by atoms with E-state index in [9.17, 15) is 14.9 Å². The summed E-state index contributed by atoms with van der Waals surface area (Å²) in [4.78, 5) is 25.4. The van der Waals surface area contributed by atoms with Gasteiger partial charge in [0.1, 0.15) is 11.4 Å². The number of hydrogen-bond donors (Lipinski definition) is 1. The Bertz CT molecular complexity index is 610. The van der Waals surface area contributed by atoms with Crippen LogP contribution in [-0.4, -0.2) is 42.0 Å². The third-order valence-electron chi connectivity index (χ3n) is 4.48. The molecule has 1 saturated heterocycles. The van der Waals surface area contributed by atoms with E-state index in [-0.39, 0.29) is 23.3 Å². The average Bonchev–Trinajstić information content (AvgIpc) is 2.53. The number of ether oxygens (including phenoxy) is 1. The topological polar surface area (TPSA) is 84.7 Å². The first-order valence-corrected chi connectivity index (χ1v) is 8.19. The van der Waals surface area contributed by atoms with Gasteiger partial charge >= 0.3 is 0 Å². The Morgan fingerprint density at radius 3 is 2.54 bits per heavy atom. The minimum absolute atomic E-state index is 0.171. The first-order chi connectivity index (χ1) is 11.3. The zero-order chi connectivity index (χ0) is 17.9. The van der Waals surface area contributed by atoms with Gasteiger partial charge in [0.05, 0.1) is 24.1 Å². The van der Waals surface area contributed by atoms with Gasteiger partial charge in [-0.1, -0.05) is 13.8 Å². The number of carbonyl (C=O) groups is 1. The molecule has 1 aliphatic heterocycles. The van der Waals surface area contributed by atoms with Crippen molar-refractivity contribution in [3.8, 4) is 5.75 Å². The van der Waals surface area contributed by atoms with Crippen LogP contribution in [0.2, 0.25) is 0 Å². The molecule has 1 N–H and O–H groups in total. The van der Waals surface area contributed by atoms with Gasteiger partial charge in [-0.3, -0.25) is 19.8 Å². The summed E-state index contributed by atoms with van der Waals surface area (Å²) in [5, 5.41) is 13.9. The van der Waals surface area contributed by atoms with Crippen LogP contribution in [0.3, 0.4) is 0 Å². The van der Waals surface area contributed by atoms with Gasteiger partial charge in [-0.2, -0.15) is 0 Å². The summed E-state index contributed by atoms with van der Waals surface area (Å²) >= 11 is 0. The van der Waals surface area contributed by atoms with E-state index < -0.39 is 4.92 Å². The third kappa shape index (κ3) is 4.23. The minimum atomic E-state index is -0.520. The van der Waals surface area contributed by atoms with E-state index in [2.05, 4.69) is 24.1 Å². The molecule has 0 aliphatic carbocycles. The highest BCUT2D eigenvalue weighted by Gasteiger charge is 2.29. The zero-order valence-electron chi connectivity index (χ0n) is 14.6. The number of nitrogens with one attached hydrogen (secondary N) is 1. The summed E-state index contributed by atoms with van der Waals surface area (Å²) in [6.07, 6.45) is 1.16. The molecule has 132 valence electrons. The Morgan fingerprint density at radius 1 is 1.38 bits per heavy atom. The summed E-state index contributed by atoms with van der Waals surface area (Å²) in [5.74, 6) is 1.23. The van der Waals surface area contributed by atoms with Crippen molar-refractivity contribution < 1.29 is 14.5 Å². The standard InChI is InChI=1S/C17H25N3O4/c1-11-7-12(2)10-19(9-11)13(3)17(21)18-15-6-5-14(24-4)8-16(15)20(22)23/h5-6,8,11-13H,7,9-10H2,1-4H3,(H,18,21)/t11-,12+,13-/m0/s1. The number of nitro groups is 1. The largest absolute Gasteiger partial charge is 0.496 e. The minimum Gasteiger partial charge on any atom is -0.496 e. The van der Waals surface area contributed by atoms with Crippen molar-refractivity contribution in [1.29, 1.82) is 0 Å². The summed E-state index contributed by atoms with van der Waals surface area (Å²) in [7, 11) is 1.44. The predicted molar refractivity (Wildman–Crippen MR) is 92.3 cm³/mol. The van der Waals surface area contributed by atoms with Crippen LogP contribution >= 0.6 is 0 Å². The number of amides is 1. The van der Waals surface area contributed by atoms with E-state index in [0.29, 0.717) is 17.6 Å². The molecule has 7 heteroatoms. The van der Waals surface area contributed by atoms with E-state index in [1.807, 2.05) is 6.92 Å². The van der Waals surface area contributed by atoms with Crippen LogP contribution in [0.15, 0.2) is 18.2 Å². The Kier molecular flexibility index (Phi) is 5.77. The monoisotopic (exact) mass is 335 g/mol. The highest BCUT2D eigenvalue weighted by molar-refractivity contribution is 5.96. The molecule has 0 aromatic heterocycles. The first kappa shape index (κ1) is 18.2. The molecule has 2 rings (SSSR count). The maximum Gasteiger partial charge on any atom is 0.296 e. The van der Waals surface area contributed by atoms with Crippen LogP contribution < -0.4 is 10.1 Å². The molecule has 0 saturated carbocycles. The predicted octanol–water partition coefficient (Wildman–Crippen LogP) is 2.91. The number of anilines is 1. The van der Waals surface area contributed by atoms with Crippen LogP contribution in [0, 0.1) is 22.0 Å². The second kappa shape index (κ2) is 7.61. The molecule has 0 radical (unpaired) electrons. The maximum absolute atomic E-state index is 12.5. The fourth-order valence-electron chi connectivity index (χ4n) is 3.33. The van der Waals surface area contributed by atoms with Crippen molar-refractivity contribution in [3.63, 3.8) is 0 Å². The van der Waals surface area contributed by atoms with Gasteiger partial charge in [0.2, 0.25) is 5.91 Å². The number of rotatable bonds is 5. The lowest BCUT2D eigenvalue weighted by atomic mass is 9.91. The third-order valence-corrected chi connectivity index (χ3v) is 4.48. The fraction of sp³-hybridized carbons (Fsp3) is 0.588. The Morgan fingerprint density at radius 2 is 2.00 bits per heavy atom. The van der Waals surface area contributed by atoms with Crippen molar-refractivity contribution in [2.24, 2.45) is 11.8 Å². The van der Waals surface area contributed by atoms with Crippen molar-refractivity contribution in [1.82, 2.24) is 4.90 Å². The SMILES string of the molecule is COc1ccc(NC(=O)[C@H](C)N2C[C@H](C)C[C@H](C)C2)c([N+](=O)[O-])c1. The molecular formula is C17H25N3O4. The van der Waals surface area contributed by atoms with Gasteiger partial charge in [-0.15, -0.1) is 0 Å². The van der Waals surface area contributed by atoms with Gasteiger partial charge in [-0.25, -0.2) is 0 Å². The van der Waals surface area contributed by atoms with Gasteiger partial charge in [0.25, 0.3) is 5.69 Å². The molecule has 1 aromatic carbocycles. The summed E-state index contributed by atoms with van der Waals surface area (Å²) in [6.45, 7) is 7.94. The fourth-order valence-corrected chi connectivity index (χ4v) is 3.33. The van der Waals surface area contributed by atoms with E-state index in [4.69, 9.17) is 4.74 Å². The lowest BCUT2D eigenvalue weighted by Crippen LogP contribution is -2.48. The Labute approximate surface area is 142 Å². The summed E-state index contributed by atoms with van der Waals surface area (Å²) < 4.78 is 5.01. The van der Waals surface area contributed by atoms with E-state index in [1.54, 1.807) is 6.07 Å². The molecule has 7 nitrogen and oxygen atoms in total. The molecule has 1 aromatic rings. The number of likely N-dealkylation sites (tertiary alicyclic amines) is 1. The molecule has 0 spiro atoms. The van der Waals surface area contributed by atoms with E-state index in [1.165, 1.54) is 19.2 Å². The number of methoxy groups -OCH3 is 1.